The molecule has 0 saturated heterocycles. The maximum absolute atomic E-state index is 10.4. The molecule has 0 fully saturated rings. The molecule has 0 aliphatic carbocycles. The fraction of sp³-hybridized carbons (Fsp3) is 0.214. The lowest BCUT2D eigenvalue weighted by Crippen LogP contribution is -1.96. The normalized spacial score (nSPS) is 10.4. The van der Waals surface area contributed by atoms with Crippen molar-refractivity contribution >= 4 is 16.7 Å². The molecule has 2 aromatic rings. The highest BCUT2D eigenvalue weighted by Crippen LogP contribution is 2.27. The highest BCUT2D eigenvalue weighted by atomic mass is 16.5. The van der Waals surface area contributed by atoms with E-state index in [1.165, 1.54) is 0 Å². The molecule has 0 bridgehead atoms. The van der Waals surface area contributed by atoms with Gasteiger partial charge in [0.05, 0.1) is 13.5 Å². The molecule has 0 atom stereocenters. The van der Waals surface area contributed by atoms with E-state index in [1.54, 1.807) is 7.11 Å². The van der Waals surface area contributed by atoms with E-state index in [2.05, 4.69) is 0 Å². The zero-order chi connectivity index (χ0) is 12.3. The summed E-state index contributed by atoms with van der Waals surface area (Å²) < 4.78 is 5.31. The predicted molar refractivity (Wildman–Crippen MR) is 64.5 cm³/mol. The van der Waals surface area contributed by atoms with E-state index in [1.807, 2.05) is 36.4 Å². The summed E-state index contributed by atoms with van der Waals surface area (Å²) in [5.74, 6) is -0.256. The third-order valence-corrected chi connectivity index (χ3v) is 2.72. The second-order valence-electron chi connectivity index (χ2n) is 3.89. The van der Waals surface area contributed by atoms with Crippen molar-refractivity contribution in [2.45, 2.75) is 12.8 Å². The Balaban J connectivity index is 2.41. The zero-order valence-corrected chi connectivity index (χ0v) is 9.60. The Bertz CT molecular complexity index is 546. The van der Waals surface area contributed by atoms with Gasteiger partial charge in [-0.3, -0.25) is 0 Å². The van der Waals surface area contributed by atoms with E-state index >= 15 is 0 Å². The predicted octanol–water partition coefficient (Wildman–Crippen LogP) is 2.74. The molecule has 0 N–H and O–H groups in total. The van der Waals surface area contributed by atoms with Crippen molar-refractivity contribution in [1.82, 2.24) is 0 Å². The highest BCUT2D eigenvalue weighted by molar-refractivity contribution is 5.89. The number of benzene rings is 2. The molecule has 2 aromatic carbocycles. The van der Waals surface area contributed by atoms with Crippen LogP contribution in [0.2, 0.25) is 0 Å². The van der Waals surface area contributed by atoms with Crippen molar-refractivity contribution in [2.24, 2.45) is 0 Å². The van der Waals surface area contributed by atoms with E-state index in [0.29, 0.717) is 6.42 Å². The van der Waals surface area contributed by atoms with Crippen LogP contribution in [-0.4, -0.2) is 13.1 Å². The summed E-state index contributed by atoms with van der Waals surface area (Å²) in [6.45, 7) is 0. The second-order valence-corrected chi connectivity index (χ2v) is 3.89. The van der Waals surface area contributed by atoms with Gasteiger partial charge in [0.1, 0.15) is 5.75 Å². The molecule has 1 radical (unpaired) electrons. The van der Waals surface area contributed by atoms with E-state index in [0.717, 1.165) is 22.1 Å². The first-order valence-electron chi connectivity index (χ1n) is 5.46. The van der Waals surface area contributed by atoms with Crippen LogP contribution in [0.4, 0.5) is 0 Å². The van der Waals surface area contributed by atoms with Gasteiger partial charge in [0, 0.05) is 5.39 Å². The lowest BCUT2D eigenvalue weighted by atomic mass is 10.0. The van der Waals surface area contributed by atoms with Gasteiger partial charge in [-0.05, 0) is 23.4 Å². The van der Waals surface area contributed by atoms with Gasteiger partial charge in [-0.15, -0.1) is 0 Å². The van der Waals surface area contributed by atoms with Gasteiger partial charge in [-0.1, -0.05) is 30.3 Å². The average molecular weight is 229 g/mol. The standard InChI is InChI=1S/C14H13O3/c1-17-13-9-10(6-7-14(15)16)8-11-4-2-3-5-12(11)13/h2-5,8-9H,6-7H2,1H3. The topological polar surface area (TPSA) is 46.2 Å². The third kappa shape index (κ3) is 2.56. The maximum Gasteiger partial charge on any atom is 0.355 e. The lowest BCUT2D eigenvalue weighted by Gasteiger charge is -2.08. The van der Waals surface area contributed by atoms with E-state index in [-0.39, 0.29) is 6.42 Å². The van der Waals surface area contributed by atoms with Crippen LogP contribution in [0.1, 0.15) is 12.0 Å². The van der Waals surface area contributed by atoms with Crippen LogP contribution in [0.3, 0.4) is 0 Å². The largest absolute Gasteiger partial charge is 0.496 e. The number of carbonyl (C=O) groups is 1. The molecular weight excluding hydrogens is 216 g/mol. The molecule has 17 heavy (non-hydrogen) atoms. The monoisotopic (exact) mass is 229 g/mol. The van der Waals surface area contributed by atoms with Crippen LogP contribution in [0.5, 0.6) is 5.75 Å². The number of aryl methyl sites for hydroxylation is 1. The Morgan fingerprint density at radius 3 is 2.71 bits per heavy atom. The van der Waals surface area contributed by atoms with Gasteiger partial charge in [0.15, 0.2) is 0 Å². The van der Waals surface area contributed by atoms with E-state index < -0.39 is 5.97 Å². The van der Waals surface area contributed by atoms with Crippen molar-refractivity contribution in [1.29, 1.82) is 0 Å². The van der Waals surface area contributed by atoms with Gasteiger partial charge in [0.2, 0.25) is 0 Å². The Hall–Kier alpha value is -2.03. The first-order valence-corrected chi connectivity index (χ1v) is 5.46. The smallest absolute Gasteiger partial charge is 0.355 e. The van der Waals surface area contributed by atoms with Crippen LogP contribution in [0.25, 0.3) is 10.8 Å². The molecule has 87 valence electrons. The van der Waals surface area contributed by atoms with Crippen LogP contribution in [0.15, 0.2) is 36.4 Å². The number of hydrogen-bond donors (Lipinski definition) is 0. The Morgan fingerprint density at radius 1 is 1.24 bits per heavy atom. The van der Waals surface area contributed by atoms with Gasteiger partial charge in [-0.25, -0.2) is 9.90 Å². The quantitative estimate of drug-likeness (QED) is 0.809. The molecule has 0 aromatic heterocycles. The summed E-state index contributed by atoms with van der Waals surface area (Å²) in [5, 5.41) is 12.5. The lowest BCUT2D eigenvalue weighted by molar-refractivity contribution is -0.143. The number of fused-ring (bicyclic) bond motifs is 1. The SMILES string of the molecule is COc1cc(CCC([O])=O)cc2ccccc12. The van der Waals surface area contributed by atoms with E-state index in [4.69, 9.17) is 4.74 Å². The summed E-state index contributed by atoms with van der Waals surface area (Å²) in [6, 6.07) is 11.7. The van der Waals surface area contributed by atoms with Crippen molar-refractivity contribution in [3.8, 4) is 5.75 Å². The van der Waals surface area contributed by atoms with Crippen molar-refractivity contribution < 1.29 is 14.6 Å². The van der Waals surface area contributed by atoms with Gasteiger partial charge >= 0.3 is 5.97 Å². The summed E-state index contributed by atoms with van der Waals surface area (Å²) in [7, 11) is 1.62. The number of methoxy groups -OCH3 is 1. The number of rotatable bonds is 4. The number of hydrogen-bond acceptors (Lipinski definition) is 2. The molecule has 0 aliphatic rings. The van der Waals surface area contributed by atoms with Crippen molar-refractivity contribution in [3.05, 3.63) is 42.0 Å². The van der Waals surface area contributed by atoms with E-state index in [9.17, 15) is 9.90 Å². The molecule has 0 heterocycles. The summed E-state index contributed by atoms with van der Waals surface area (Å²) >= 11 is 0. The molecular formula is C14H13O3. The average Bonchev–Trinajstić information content (AvgIpc) is 2.35. The summed E-state index contributed by atoms with van der Waals surface area (Å²) in [6.07, 6.45) is 0.491. The third-order valence-electron chi connectivity index (χ3n) is 2.72. The number of ether oxygens (including phenoxy) is 1. The fourth-order valence-electron chi connectivity index (χ4n) is 1.89. The van der Waals surface area contributed by atoms with Gasteiger partial charge in [-0.2, -0.15) is 0 Å². The fourth-order valence-corrected chi connectivity index (χ4v) is 1.89. The first kappa shape index (κ1) is 11.5. The van der Waals surface area contributed by atoms with Gasteiger partial charge in [0.25, 0.3) is 0 Å². The minimum absolute atomic E-state index is 0.0293. The minimum atomic E-state index is -1.03. The zero-order valence-electron chi connectivity index (χ0n) is 9.60. The molecule has 0 amide bonds. The molecule has 3 nitrogen and oxygen atoms in total. The second kappa shape index (κ2) is 4.87. The number of carbonyl (C=O) groups excluding carboxylic acids is 1. The highest BCUT2D eigenvalue weighted by Gasteiger charge is 2.06. The molecule has 0 unspecified atom stereocenters. The van der Waals surface area contributed by atoms with Crippen molar-refractivity contribution in [3.63, 3.8) is 0 Å². The van der Waals surface area contributed by atoms with Crippen LogP contribution in [0, 0.1) is 0 Å². The Labute approximate surface area is 99.6 Å². The molecule has 0 spiro atoms. The van der Waals surface area contributed by atoms with Crippen molar-refractivity contribution in [2.75, 3.05) is 7.11 Å². The van der Waals surface area contributed by atoms with Crippen LogP contribution >= 0.6 is 0 Å². The first-order chi connectivity index (χ1) is 8.20. The Morgan fingerprint density at radius 2 is 2.00 bits per heavy atom. The van der Waals surface area contributed by atoms with Crippen LogP contribution in [-0.2, 0) is 16.3 Å². The summed E-state index contributed by atoms with van der Waals surface area (Å²) in [4.78, 5) is 10.4. The summed E-state index contributed by atoms with van der Waals surface area (Å²) in [5.41, 5.74) is 0.949. The Kier molecular flexibility index (Phi) is 3.28. The minimum Gasteiger partial charge on any atom is -0.496 e. The van der Waals surface area contributed by atoms with Gasteiger partial charge < -0.3 is 4.74 Å². The maximum atomic E-state index is 10.4. The molecule has 3 heteroatoms. The molecule has 0 saturated carbocycles. The molecule has 2 rings (SSSR count). The van der Waals surface area contributed by atoms with Crippen LogP contribution < -0.4 is 4.74 Å². The molecule has 0 aliphatic heterocycles.